The molecule has 1 aromatic heterocycles. The minimum atomic E-state index is -0.802. The summed E-state index contributed by atoms with van der Waals surface area (Å²) in [5, 5.41) is 11.6. The molecule has 1 fully saturated rings. The molecule has 3 aromatic rings. The molecular formula is C25H23ClN4O3S. The highest BCUT2D eigenvalue weighted by Gasteiger charge is 2.19. The number of nitrogens with zero attached hydrogens (tertiary/aromatic N) is 2. The molecule has 0 spiro atoms. The Labute approximate surface area is 205 Å². The van der Waals surface area contributed by atoms with Crippen molar-refractivity contribution < 1.29 is 13.8 Å². The van der Waals surface area contributed by atoms with Crippen LogP contribution in [0.1, 0.15) is 31.8 Å². The van der Waals surface area contributed by atoms with E-state index >= 15 is 0 Å². The van der Waals surface area contributed by atoms with Crippen molar-refractivity contribution >= 4 is 45.7 Å². The Kier molecular flexibility index (Phi) is 7.49. The molecule has 0 saturated carbocycles. The summed E-state index contributed by atoms with van der Waals surface area (Å²) in [5.41, 5.74) is 2.22. The average molecular weight is 495 g/mol. The van der Waals surface area contributed by atoms with Gasteiger partial charge in [-0.15, -0.1) is 0 Å². The van der Waals surface area contributed by atoms with Crippen LogP contribution >= 0.6 is 11.6 Å². The summed E-state index contributed by atoms with van der Waals surface area (Å²) < 4.78 is 11.6. The highest BCUT2D eigenvalue weighted by Crippen LogP contribution is 2.17. The molecule has 0 aliphatic carbocycles. The second kappa shape index (κ2) is 10.7. The Hall–Kier alpha value is -3.36. The fraction of sp³-hybridized carbons (Fsp3) is 0.200. The van der Waals surface area contributed by atoms with Crippen LogP contribution in [-0.4, -0.2) is 56.2 Å². The molecule has 34 heavy (non-hydrogen) atoms. The Morgan fingerprint density at radius 2 is 1.68 bits per heavy atom. The minimum Gasteiger partial charge on any atom is -0.355 e. The Bertz CT molecular complexity index is 1240. The quantitative estimate of drug-likeness (QED) is 0.308. The maximum absolute atomic E-state index is 12.9. The van der Waals surface area contributed by atoms with Crippen molar-refractivity contribution in [3.05, 3.63) is 94.1 Å². The topological polar surface area (TPSA) is 103 Å². The number of ketones is 1. The molecular weight excluding hydrogens is 472 g/mol. The molecule has 1 aliphatic heterocycles. The largest absolute Gasteiger partial charge is 0.355 e. The number of pyridine rings is 1. The zero-order valence-corrected chi connectivity index (χ0v) is 19.9. The van der Waals surface area contributed by atoms with E-state index in [4.69, 9.17) is 17.0 Å². The van der Waals surface area contributed by atoms with Gasteiger partial charge >= 0.3 is 0 Å². The second-order valence-electron chi connectivity index (χ2n) is 7.83. The third-order valence-corrected chi connectivity index (χ3v) is 7.06. The van der Waals surface area contributed by atoms with Crippen LogP contribution in [0.15, 0.2) is 66.9 Å². The molecule has 0 unspecified atom stereocenters. The summed E-state index contributed by atoms with van der Waals surface area (Å²) >= 11 is 5.84. The van der Waals surface area contributed by atoms with Crippen molar-refractivity contribution in [3.8, 4) is 0 Å². The lowest BCUT2D eigenvalue weighted by Gasteiger charge is -2.28. The van der Waals surface area contributed by atoms with Crippen LogP contribution in [-0.2, 0) is 17.2 Å². The van der Waals surface area contributed by atoms with E-state index < -0.39 is 10.8 Å². The van der Waals surface area contributed by atoms with Crippen molar-refractivity contribution in [2.24, 2.45) is 0 Å². The van der Waals surface area contributed by atoms with Gasteiger partial charge in [0.05, 0.1) is 5.02 Å². The van der Waals surface area contributed by atoms with Gasteiger partial charge in [-0.1, -0.05) is 54.1 Å². The molecule has 1 aliphatic rings. The van der Waals surface area contributed by atoms with Gasteiger partial charge < -0.3 is 10.2 Å². The molecule has 4 rings (SSSR count). The molecule has 1 amide bonds. The third-order valence-electron chi connectivity index (χ3n) is 5.56. The predicted octanol–water partition coefficient (Wildman–Crippen LogP) is 3.80. The van der Waals surface area contributed by atoms with E-state index in [1.165, 1.54) is 6.20 Å². The third kappa shape index (κ3) is 5.76. The van der Waals surface area contributed by atoms with Crippen molar-refractivity contribution in [2.45, 2.75) is 6.42 Å². The molecule has 174 valence electrons. The summed E-state index contributed by atoms with van der Waals surface area (Å²) in [6.07, 6.45) is 1.51. The lowest BCUT2D eigenvalue weighted by atomic mass is 9.97. The van der Waals surface area contributed by atoms with Gasteiger partial charge in [-0.05, 0) is 23.8 Å². The van der Waals surface area contributed by atoms with Gasteiger partial charge in [0.2, 0.25) is 0 Å². The number of amides is 1. The van der Waals surface area contributed by atoms with Crippen LogP contribution in [0.25, 0.3) is 0 Å². The molecule has 7 nitrogen and oxygen atoms in total. The maximum Gasteiger partial charge on any atom is 0.257 e. The highest BCUT2D eigenvalue weighted by atomic mass is 35.5. The van der Waals surface area contributed by atoms with Gasteiger partial charge in [0.25, 0.3) is 5.91 Å². The van der Waals surface area contributed by atoms with Crippen LogP contribution < -0.4 is 5.32 Å². The summed E-state index contributed by atoms with van der Waals surface area (Å²) in [6, 6.07) is 17.1. The van der Waals surface area contributed by atoms with Crippen LogP contribution in [0.4, 0.5) is 5.82 Å². The molecule has 0 bridgehead atoms. The predicted molar refractivity (Wildman–Crippen MR) is 134 cm³/mol. The summed E-state index contributed by atoms with van der Waals surface area (Å²) in [5.74, 6) is 1.39. The number of hydrogen-bond donors (Lipinski definition) is 2. The number of hydrogen-bond acceptors (Lipinski definition) is 5. The Morgan fingerprint density at radius 3 is 2.35 bits per heavy atom. The Morgan fingerprint density at radius 1 is 1.00 bits per heavy atom. The average Bonchev–Trinajstić information content (AvgIpc) is 2.86. The van der Waals surface area contributed by atoms with Crippen LogP contribution in [0.3, 0.4) is 0 Å². The first-order valence-electron chi connectivity index (χ1n) is 10.7. The van der Waals surface area contributed by atoms with Crippen LogP contribution in [0.5, 0.6) is 0 Å². The second-order valence-corrected chi connectivity index (χ2v) is 9.97. The molecule has 1 saturated heterocycles. The number of Topliss-reactive ketones (excluding diaryl/α,β-unsaturated/α-hetero) is 1. The maximum atomic E-state index is 12.9. The molecule has 0 atom stereocenters. The highest BCUT2D eigenvalue weighted by molar-refractivity contribution is 7.85. The lowest BCUT2D eigenvalue weighted by Crippen LogP contribution is -2.41. The van der Waals surface area contributed by atoms with Gasteiger partial charge in [-0.25, -0.2) is 4.98 Å². The van der Waals surface area contributed by atoms with E-state index in [-0.39, 0.29) is 18.1 Å². The van der Waals surface area contributed by atoms with Crippen LogP contribution in [0, 0.1) is 5.41 Å². The number of nitrogens with one attached hydrogen (secondary N) is 2. The number of amidine groups is 1. The number of aromatic nitrogens is 1. The summed E-state index contributed by atoms with van der Waals surface area (Å²) in [6.45, 7) is 1.19. The zero-order valence-electron chi connectivity index (χ0n) is 18.3. The van der Waals surface area contributed by atoms with E-state index in [0.717, 1.165) is 0 Å². The lowest BCUT2D eigenvalue weighted by molar-refractivity contribution is 0.0992. The Balaban J connectivity index is 1.43. The van der Waals surface area contributed by atoms with E-state index in [1.54, 1.807) is 60.7 Å². The fourth-order valence-electron chi connectivity index (χ4n) is 3.66. The number of carbonyl (C=O) groups is 2. The van der Waals surface area contributed by atoms with E-state index in [2.05, 4.69) is 10.3 Å². The monoisotopic (exact) mass is 494 g/mol. The van der Waals surface area contributed by atoms with Gasteiger partial charge in [0, 0.05) is 64.7 Å². The first kappa shape index (κ1) is 23.8. The van der Waals surface area contributed by atoms with Gasteiger partial charge in [0.15, 0.2) is 5.78 Å². The fourth-order valence-corrected chi connectivity index (χ4v) is 4.83. The number of halogens is 1. The molecule has 9 heteroatoms. The van der Waals surface area contributed by atoms with Gasteiger partial charge in [-0.2, -0.15) is 0 Å². The molecule has 0 radical (unpaired) electrons. The van der Waals surface area contributed by atoms with Gasteiger partial charge in [-0.3, -0.25) is 19.2 Å². The number of benzene rings is 2. The molecule has 2 heterocycles. The number of rotatable bonds is 6. The van der Waals surface area contributed by atoms with Crippen molar-refractivity contribution in [1.82, 2.24) is 9.88 Å². The summed E-state index contributed by atoms with van der Waals surface area (Å²) in [4.78, 5) is 31.7. The van der Waals surface area contributed by atoms with E-state index in [1.807, 2.05) is 4.90 Å². The first-order valence-corrected chi connectivity index (χ1v) is 12.6. The van der Waals surface area contributed by atoms with Crippen molar-refractivity contribution in [3.63, 3.8) is 0 Å². The summed E-state index contributed by atoms with van der Waals surface area (Å²) in [7, 11) is -0.802. The van der Waals surface area contributed by atoms with E-state index in [0.29, 0.717) is 63.5 Å². The minimum absolute atomic E-state index is 0.0619. The zero-order chi connectivity index (χ0) is 24.1. The molecule has 2 aromatic carbocycles. The SMILES string of the molecule is N=C(c1ccc(C(=O)Cc2ccccc2C(=O)Nc2ccc(Cl)cn2)cc1)N1CCS(=O)CC1. The molecule has 2 N–H and O–H groups in total. The smallest absolute Gasteiger partial charge is 0.257 e. The first-order chi connectivity index (χ1) is 16.4. The van der Waals surface area contributed by atoms with Crippen molar-refractivity contribution in [2.75, 3.05) is 29.9 Å². The standard InChI is InChI=1S/C25H23ClN4O3S/c26-20-9-10-23(28-16-20)29-25(32)21-4-2-1-3-19(21)15-22(31)17-5-7-18(8-6-17)24(27)30-11-13-34(33)14-12-30/h1-10,16,27H,11-15H2,(H,28,29,32). The van der Waals surface area contributed by atoms with Crippen molar-refractivity contribution in [1.29, 1.82) is 5.41 Å². The van der Waals surface area contributed by atoms with Gasteiger partial charge in [0.1, 0.15) is 11.7 Å². The van der Waals surface area contributed by atoms with E-state index in [9.17, 15) is 13.8 Å². The number of carbonyl (C=O) groups excluding carboxylic acids is 2. The normalized spacial score (nSPS) is 14.0. The number of anilines is 1. The van der Waals surface area contributed by atoms with Crippen LogP contribution in [0.2, 0.25) is 5.02 Å².